The van der Waals surface area contributed by atoms with E-state index in [1.165, 1.54) is 36.4 Å². The van der Waals surface area contributed by atoms with Crippen LogP contribution in [0.2, 0.25) is 10.6 Å². The van der Waals surface area contributed by atoms with Crippen LogP contribution in [0.4, 0.5) is 0 Å². The summed E-state index contributed by atoms with van der Waals surface area (Å²) in [4.78, 5) is 49.8. The zero-order valence-corrected chi connectivity index (χ0v) is 23.7. The summed E-state index contributed by atoms with van der Waals surface area (Å²) in [6.07, 6.45) is 1.47. The Hall–Kier alpha value is -4.82. The van der Waals surface area contributed by atoms with Crippen LogP contribution in [-0.4, -0.2) is 54.8 Å². The number of nitrogens with zero attached hydrogens (tertiary/aromatic N) is 6. The monoisotopic (exact) mass is 612 g/mol. The van der Waals surface area contributed by atoms with E-state index in [2.05, 4.69) is 40.5 Å². The molecular formula is C26H22Cl2N8O6. The van der Waals surface area contributed by atoms with Crippen LogP contribution in [-0.2, 0) is 0 Å². The van der Waals surface area contributed by atoms with E-state index in [1.54, 1.807) is 0 Å². The van der Waals surface area contributed by atoms with E-state index in [0.717, 1.165) is 12.8 Å². The molecule has 2 aromatic heterocycles. The largest absolute Gasteiger partial charge is 0.424 e. The Morgan fingerprint density at radius 2 is 0.881 bits per heavy atom. The molecule has 1 aliphatic heterocycles. The van der Waals surface area contributed by atoms with Crippen LogP contribution >= 0.6 is 23.2 Å². The summed E-state index contributed by atoms with van der Waals surface area (Å²) < 4.78 is 23.3. The summed E-state index contributed by atoms with van der Waals surface area (Å²) in [5.41, 5.74) is 0.406. The molecule has 42 heavy (non-hydrogen) atoms. The van der Waals surface area contributed by atoms with Crippen LogP contribution < -0.4 is 29.6 Å². The summed E-state index contributed by atoms with van der Waals surface area (Å²) in [5, 5.41) is 5.10. The number of hydrogen-bond donors (Lipinski definition) is 2. The molecule has 0 unspecified atom stereocenters. The van der Waals surface area contributed by atoms with Crippen LogP contribution in [0.25, 0.3) is 0 Å². The highest BCUT2D eigenvalue weighted by Gasteiger charge is 2.19. The molecule has 0 aliphatic carbocycles. The first-order valence-electron chi connectivity index (χ1n) is 12.7. The molecule has 216 valence electrons. The highest BCUT2D eigenvalue weighted by atomic mass is 35.5. The van der Waals surface area contributed by atoms with Crippen LogP contribution in [0, 0.1) is 0 Å². The second kappa shape index (κ2) is 12.8. The quantitative estimate of drug-likeness (QED) is 0.259. The first-order valence-corrected chi connectivity index (χ1v) is 13.4. The normalized spacial score (nSPS) is 11.7. The first kappa shape index (κ1) is 28.7. The molecule has 16 heteroatoms. The van der Waals surface area contributed by atoms with E-state index in [0.29, 0.717) is 13.1 Å². The molecule has 0 saturated carbocycles. The molecular weight excluding hydrogens is 591 g/mol. The van der Waals surface area contributed by atoms with E-state index in [1.807, 2.05) is 13.8 Å². The number of carbonyl (C=O) groups excluding carboxylic acids is 2. The van der Waals surface area contributed by atoms with Gasteiger partial charge in [-0.2, -0.15) is 19.9 Å². The van der Waals surface area contributed by atoms with Crippen molar-refractivity contribution in [2.24, 2.45) is 0 Å². The van der Waals surface area contributed by atoms with Gasteiger partial charge in [0.1, 0.15) is 23.0 Å². The van der Waals surface area contributed by atoms with Crippen molar-refractivity contribution in [1.29, 1.82) is 0 Å². The average Bonchev–Trinajstić information content (AvgIpc) is 2.93. The van der Waals surface area contributed by atoms with Crippen LogP contribution in [0.3, 0.4) is 0 Å². The van der Waals surface area contributed by atoms with E-state index in [9.17, 15) is 9.59 Å². The van der Waals surface area contributed by atoms with Gasteiger partial charge in [0.2, 0.25) is 10.6 Å². The van der Waals surface area contributed by atoms with Gasteiger partial charge in [-0.15, -0.1) is 9.97 Å². The SMILES string of the molecule is CCCNC(=O)c1cc2cc(c1)Oc1nc(Cl)nc(n1)Oc1cc(cc(C(=O)NCCC)c1)Oc1nc(Cl)nc(n1)O2. The molecule has 14 nitrogen and oxygen atoms in total. The standard InChI is InChI=1S/C26H22Cl2N8O6/c1-3-5-29-19(37)13-7-15-11-16(8-13)40-24-32-22(28)34-26(36-24)42-18-10-14(20(38)30-6-4-2)9-17(12-18)41-25-33-21(27)31-23(35-25)39-15/h7-12H,3-6H2,1-2H3,(H,29,37)(H,30,38). The van der Waals surface area contributed by atoms with Gasteiger partial charge in [-0.3, -0.25) is 9.59 Å². The number of aromatic nitrogens is 6. The van der Waals surface area contributed by atoms with Gasteiger partial charge in [-0.05, 0) is 60.3 Å². The fourth-order valence-electron chi connectivity index (χ4n) is 3.56. The van der Waals surface area contributed by atoms with Crippen LogP contribution in [0.15, 0.2) is 36.4 Å². The summed E-state index contributed by atoms with van der Waals surface area (Å²) in [6.45, 7) is 4.76. The van der Waals surface area contributed by atoms with E-state index in [-0.39, 0.29) is 80.5 Å². The molecule has 1 aliphatic rings. The van der Waals surface area contributed by atoms with Crippen LogP contribution in [0.1, 0.15) is 47.4 Å². The highest BCUT2D eigenvalue weighted by Crippen LogP contribution is 2.33. The number of halogens is 2. The number of rotatable bonds is 6. The van der Waals surface area contributed by atoms with Gasteiger partial charge in [0.15, 0.2) is 0 Å². The number of amides is 2. The predicted molar refractivity (Wildman–Crippen MR) is 148 cm³/mol. The Morgan fingerprint density at radius 1 is 0.571 bits per heavy atom. The van der Waals surface area contributed by atoms with Crippen molar-refractivity contribution in [3.63, 3.8) is 0 Å². The maximum absolute atomic E-state index is 12.8. The Kier molecular flexibility index (Phi) is 8.74. The van der Waals surface area contributed by atoms with Gasteiger partial charge in [0.05, 0.1) is 0 Å². The van der Waals surface area contributed by atoms with Crippen molar-refractivity contribution in [1.82, 2.24) is 40.5 Å². The zero-order chi connectivity index (χ0) is 29.6. The molecule has 5 rings (SSSR count). The molecule has 8 bridgehead atoms. The predicted octanol–water partition coefficient (Wildman–Crippen LogP) is 5.13. The van der Waals surface area contributed by atoms with Gasteiger partial charge in [0.25, 0.3) is 11.8 Å². The molecule has 0 spiro atoms. The minimum Gasteiger partial charge on any atom is -0.424 e. The lowest BCUT2D eigenvalue weighted by Crippen LogP contribution is -2.24. The fraction of sp³-hybridized carbons (Fsp3) is 0.231. The second-order valence-electron chi connectivity index (χ2n) is 8.65. The molecule has 4 aromatic rings. The number of fused-ring (bicyclic) bond motifs is 8. The van der Waals surface area contributed by atoms with Crippen molar-refractivity contribution in [2.45, 2.75) is 26.7 Å². The minimum absolute atomic E-state index is 0.114. The Morgan fingerprint density at radius 3 is 1.17 bits per heavy atom. The number of ether oxygens (including phenoxy) is 4. The summed E-state index contributed by atoms with van der Waals surface area (Å²) >= 11 is 12.3. The number of benzene rings is 2. The van der Waals surface area contributed by atoms with Crippen molar-refractivity contribution in [2.75, 3.05) is 13.1 Å². The lowest BCUT2D eigenvalue weighted by molar-refractivity contribution is 0.0945. The molecule has 0 atom stereocenters. The van der Waals surface area contributed by atoms with E-state index in [4.69, 9.17) is 42.1 Å². The molecule has 0 radical (unpaired) electrons. The van der Waals surface area contributed by atoms with Gasteiger partial charge >= 0.3 is 24.0 Å². The average molecular weight is 613 g/mol. The summed E-state index contributed by atoms with van der Waals surface area (Å²) in [5.74, 6) is -0.305. The first-order chi connectivity index (χ1) is 20.3. The third kappa shape index (κ3) is 7.27. The second-order valence-corrected chi connectivity index (χ2v) is 9.32. The van der Waals surface area contributed by atoms with Crippen molar-refractivity contribution >= 4 is 35.0 Å². The maximum atomic E-state index is 12.8. The molecule has 0 saturated heterocycles. The zero-order valence-electron chi connectivity index (χ0n) is 22.2. The van der Waals surface area contributed by atoms with Crippen LogP contribution in [0.5, 0.6) is 47.0 Å². The third-order valence-electron chi connectivity index (χ3n) is 5.33. The lowest BCUT2D eigenvalue weighted by Gasteiger charge is -2.13. The third-order valence-corrected chi connectivity index (χ3v) is 5.66. The van der Waals surface area contributed by atoms with Crippen molar-refractivity contribution in [3.8, 4) is 47.0 Å². The maximum Gasteiger partial charge on any atom is 0.329 e. The van der Waals surface area contributed by atoms with Gasteiger partial charge in [-0.1, -0.05) is 13.8 Å². The van der Waals surface area contributed by atoms with Crippen molar-refractivity contribution < 1.29 is 28.5 Å². The summed E-state index contributed by atoms with van der Waals surface area (Å²) in [6, 6.07) is 7.75. The molecule has 2 aromatic carbocycles. The molecule has 3 heterocycles. The topological polar surface area (TPSA) is 172 Å². The van der Waals surface area contributed by atoms with Gasteiger partial charge in [-0.25, -0.2) is 0 Å². The van der Waals surface area contributed by atoms with Gasteiger partial charge < -0.3 is 29.6 Å². The molecule has 2 amide bonds. The smallest absolute Gasteiger partial charge is 0.329 e. The van der Waals surface area contributed by atoms with E-state index >= 15 is 0 Å². The Labute approximate surface area is 248 Å². The summed E-state index contributed by atoms with van der Waals surface area (Å²) in [7, 11) is 0. The van der Waals surface area contributed by atoms with Gasteiger partial charge in [0, 0.05) is 36.3 Å². The Bertz CT molecular complexity index is 1450. The van der Waals surface area contributed by atoms with Crippen molar-refractivity contribution in [3.05, 3.63) is 58.1 Å². The highest BCUT2D eigenvalue weighted by molar-refractivity contribution is 6.28. The van der Waals surface area contributed by atoms with E-state index < -0.39 is 0 Å². The number of hydrogen-bond acceptors (Lipinski definition) is 12. The number of carbonyl (C=O) groups is 2. The number of nitrogens with one attached hydrogen (secondary N) is 2. The Balaban J connectivity index is 1.62. The molecule has 0 fully saturated rings. The molecule has 2 N–H and O–H groups in total. The fourth-order valence-corrected chi connectivity index (χ4v) is 3.85. The lowest BCUT2D eigenvalue weighted by atomic mass is 10.2. The minimum atomic E-state index is -0.380.